The maximum atomic E-state index is 13.8. The Bertz CT molecular complexity index is 1570. The molecular weight excluding hydrogens is 530 g/mol. The average molecular weight is 558 g/mol. The molecule has 0 radical (unpaired) electrons. The van der Waals surface area contributed by atoms with Crippen molar-refractivity contribution < 1.29 is 13.2 Å². The van der Waals surface area contributed by atoms with Gasteiger partial charge in [0.2, 0.25) is 10.0 Å². The Labute approximate surface area is 225 Å². The summed E-state index contributed by atoms with van der Waals surface area (Å²) in [5.41, 5.74) is 4.05. The molecule has 0 aliphatic carbocycles. The lowest BCUT2D eigenvalue weighted by Crippen LogP contribution is -2.34. The number of sulfonamides is 1. The monoisotopic (exact) mass is 557 g/mol. The Morgan fingerprint density at radius 2 is 1.78 bits per heavy atom. The number of thiazole rings is 1. The molecule has 0 spiro atoms. The van der Waals surface area contributed by atoms with E-state index in [0.29, 0.717) is 41.9 Å². The van der Waals surface area contributed by atoms with Crippen molar-refractivity contribution in [3.05, 3.63) is 70.0 Å². The third-order valence-electron chi connectivity index (χ3n) is 6.56. The summed E-state index contributed by atoms with van der Waals surface area (Å²) in [7, 11) is -3.55. The fourth-order valence-corrected chi connectivity index (χ4v) is 7.60. The van der Waals surface area contributed by atoms with Crippen molar-refractivity contribution in [3.8, 4) is 0 Å². The summed E-state index contributed by atoms with van der Waals surface area (Å²) >= 11 is 7.67. The smallest absolute Gasteiger partial charge is 0.260 e. The highest BCUT2D eigenvalue weighted by Crippen LogP contribution is 2.34. The molecule has 0 atom stereocenters. The highest BCUT2D eigenvalue weighted by molar-refractivity contribution is 7.89. The van der Waals surface area contributed by atoms with E-state index in [-0.39, 0.29) is 10.8 Å². The van der Waals surface area contributed by atoms with Crippen LogP contribution in [0.2, 0.25) is 5.02 Å². The lowest BCUT2D eigenvalue weighted by atomic mass is 10.2. The van der Waals surface area contributed by atoms with Gasteiger partial charge in [0.05, 0.1) is 27.4 Å². The van der Waals surface area contributed by atoms with Gasteiger partial charge in [0, 0.05) is 35.9 Å². The molecule has 8 nitrogen and oxygen atoms in total. The van der Waals surface area contributed by atoms with E-state index in [2.05, 4.69) is 5.10 Å². The number of aryl methyl sites for hydroxylation is 3. The van der Waals surface area contributed by atoms with Gasteiger partial charge in [0.25, 0.3) is 5.91 Å². The number of anilines is 1. The van der Waals surface area contributed by atoms with Crippen LogP contribution in [0.1, 0.15) is 40.2 Å². The maximum absolute atomic E-state index is 13.8. The Morgan fingerprint density at radius 3 is 2.43 bits per heavy atom. The molecule has 1 saturated heterocycles. The van der Waals surface area contributed by atoms with Gasteiger partial charge in [-0.3, -0.25) is 14.4 Å². The molecule has 5 rings (SSSR count). The number of nitrogens with zero attached hydrogens (tertiary/aromatic N) is 5. The van der Waals surface area contributed by atoms with Crippen LogP contribution in [0.5, 0.6) is 0 Å². The summed E-state index contributed by atoms with van der Waals surface area (Å²) in [5.74, 6) is -0.255. The topological polar surface area (TPSA) is 88.4 Å². The number of hydrogen-bond donors (Lipinski definition) is 0. The summed E-state index contributed by atoms with van der Waals surface area (Å²) in [6, 6.07) is 11.9. The van der Waals surface area contributed by atoms with Crippen LogP contribution in [-0.4, -0.2) is 53.0 Å². The highest BCUT2D eigenvalue weighted by atomic mass is 35.5. The molecule has 11 heteroatoms. The second-order valence-corrected chi connectivity index (χ2v) is 12.7. The van der Waals surface area contributed by atoms with Crippen LogP contribution >= 0.6 is 22.9 Å². The molecule has 1 amide bonds. The SMILES string of the molecule is Cc1cc(C)n(CCN(C(=O)c2ccc(S(=O)(=O)N3CCCC3)cc2)c2nc3c(C)cc(Cl)cc3s2)n1. The second kappa shape index (κ2) is 10.2. The molecule has 0 N–H and O–H groups in total. The molecular formula is C26H28ClN5O3S2. The lowest BCUT2D eigenvalue weighted by molar-refractivity contribution is 0.0985. The third-order valence-corrected chi connectivity index (χ3v) is 9.71. The lowest BCUT2D eigenvalue weighted by Gasteiger charge is -2.21. The van der Waals surface area contributed by atoms with Gasteiger partial charge in [-0.1, -0.05) is 22.9 Å². The minimum absolute atomic E-state index is 0.199. The Morgan fingerprint density at radius 1 is 1.08 bits per heavy atom. The minimum Gasteiger partial charge on any atom is -0.282 e. The van der Waals surface area contributed by atoms with E-state index in [4.69, 9.17) is 16.6 Å². The van der Waals surface area contributed by atoms with Crippen LogP contribution in [0.4, 0.5) is 5.13 Å². The molecule has 1 aliphatic heterocycles. The third kappa shape index (κ3) is 5.16. The fraction of sp³-hybridized carbons (Fsp3) is 0.346. The van der Waals surface area contributed by atoms with Gasteiger partial charge in [0.15, 0.2) is 5.13 Å². The van der Waals surface area contributed by atoms with Gasteiger partial charge >= 0.3 is 0 Å². The molecule has 0 saturated carbocycles. The second-order valence-electron chi connectivity index (χ2n) is 9.31. The molecule has 0 bridgehead atoms. The molecule has 2 aromatic carbocycles. The van der Waals surface area contributed by atoms with Crippen LogP contribution in [0.15, 0.2) is 47.4 Å². The molecule has 0 unspecified atom stereocenters. The largest absolute Gasteiger partial charge is 0.282 e. The fourth-order valence-electron chi connectivity index (χ4n) is 4.64. The van der Waals surface area contributed by atoms with Crippen LogP contribution in [0.3, 0.4) is 0 Å². The summed E-state index contributed by atoms with van der Waals surface area (Å²) in [6.45, 7) is 7.76. The standard InChI is InChI=1S/C26H28ClN5O3S2/c1-17-14-21(27)16-23-24(17)28-26(36-23)31(12-13-32-19(3)15-18(2)29-32)25(33)20-6-8-22(9-7-20)37(34,35)30-10-4-5-11-30/h6-9,14-16H,4-5,10-13H2,1-3H3. The first-order valence-corrected chi connectivity index (χ1v) is 14.8. The van der Waals surface area contributed by atoms with Gasteiger partial charge in [-0.05, 0) is 81.6 Å². The van der Waals surface area contributed by atoms with E-state index in [1.54, 1.807) is 17.0 Å². The minimum atomic E-state index is -3.55. The summed E-state index contributed by atoms with van der Waals surface area (Å²) < 4.78 is 30.1. The van der Waals surface area contributed by atoms with Crippen molar-refractivity contribution in [1.29, 1.82) is 0 Å². The van der Waals surface area contributed by atoms with Crippen LogP contribution in [0.25, 0.3) is 10.2 Å². The predicted molar refractivity (Wildman–Crippen MR) is 147 cm³/mol. The van der Waals surface area contributed by atoms with Crippen LogP contribution < -0.4 is 4.90 Å². The van der Waals surface area contributed by atoms with Gasteiger partial charge in [0.1, 0.15) is 0 Å². The Kier molecular flexibility index (Phi) is 7.10. The van der Waals surface area contributed by atoms with Crippen LogP contribution in [0, 0.1) is 20.8 Å². The number of amides is 1. The number of benzene rings is 2. The summed E-state index contributed by atoms with van der Waals surface area (Å²) in [4.78, 5) is 20.4. The Hall–Kier alpha value is -2.79. The number of aromatic nitrogens is 3. The predicted octanol–water partition coefficient (Wildman–Crippen LogP) is 5.20. The van der Waals surface area contributed by atoms with Gasteiger partial charge in [-0.25, -0.2) is 13.4 Å². The number of halogens is 1. The average Bonchev–Trinajstić information content (AvgIpc) is 3.60. The maximum Gasteiger partial charge on any atom is 0.260 e. The Balaban J connectivity index is 1.47. The van der Waals surface area contributed by atoms with E-state index in [9.17, 15) is 13.2 Å². The van der Waals surface area contributed by atoms with Crippen LogP contribution in [-0.2, 0) is 16.6 Å². The van der Waals surface area contributed by atoms with E-state index in [0.717, 1.165) is 40.0 Å². The van der Waals surface area contributed by atoms with Crippen molar-refractivity contribution in [2.24, 2.45) is 0 Å². The molecule has 3 heterocycles. The first kappa shape index (κ1) is 25.8. The zero-order valence-electron chi connectivity index (χ0n) is 20.9. The van der Waals surface area contributed by atoms with Gasteiger partial charge < -0.3 is 0 Å². The zero-order valence-corrected chi connectivity index (χ0v) is 23.3. The number of hydrogen-bond acceptors (Lipinski definition) is 6. The summed E-state index contributed by atoms with van der Waals surface area (Å²) in [6.07, 6.45) is 1.74. The van der Waals surface area contributed by atoms with Crippen molar-refractivity contribution >= 4 is 54.2 Å². The van der Waals surface area contributed by atoms with E-state index in [1.807, 2.05) is 43.7 Å². The quantitative estimate of drug-likeness (QED) is 0.311. The first-order chi connectivity index (χ1) is 17.6. The normalized spacial score (nSPS) is 14.5. The molecule has 1 aliphatic rings. The van der Waals surface area contributed by atoms with E-state index < -0.39 is 10.0 Å². The molecule has 2 aromatic heterocycles. The molecule has 1 fully saturated rings. The number of carbonyl (C=O) groups excluding carboxylic acids is 1. The number of rotatable bonds is 7. The number of fused-ring (bicyclic) bond motifs is 1. The van der Waals surface area contributed by atoms with E-state index >= 15 is 0 Å². The molecule has 194 valence electrons. The first-order valence-electron chi connectivity index (χ1n) is 12.1. The number of carbonyl (C=O) groups is 1. The zero-order chi connectivity index (χ0) is 26.3. The highest BCUT2D eigenvalue weighted by Gasteiger charge is 2.28. The van der Waals surface area contributed by atoms with Gasteiger partial charge in [-0.15, -0.1) is 0 Å². The van der Waals surface area contributed by atoms with Crippen molar-refractivity contribution in [2.45, 2.75) is 45.1 Å². The molecule has 4 aromatic rings. The van der Waals surface area contributed by atoms with Crippen molar-refractivity contribution in [3.63, 3.8) is 0 Å². The van der Waals surface area contributed by atoms with E-state index in [1.165, 1.54) is 27.8 Å². The van der Waals surface area contributed by atoms with Crippen molar-refractivity contribution in [2.75, 3.05) is 24.5 Å². The molecule has 37 heavy (non-hydrogen) atoms. The van der Waals surface area contributed by atoms with Gasteiger partial charge in [-0.2, -0.15) is 9.40 Å². The summed E-state index contributed by atoms with van der Waals surface area (Å²) in [5, 5.41) is 5.70. The van der Waals surface area contributed by atoms with Crippen molar-refractivity contribution in [1.82, 2.24) is 19.1 Å².